The van der Waals surface area contributed by atoms with Crippen molar-refractivity contribution in [3.05, 3.63) is 34.9 Å². The van der Waals surface area contributed by atoms with E-state index in [1.807, 2.05) is 6.07 Å². The van der Waals surface area contributed by atoms with Crippen LogP contribution in [0.2, 0.25) is 5.02 Å². The summed E-state index contributed by atoms with van der Waals surface area (Å²) >= 11 is 5.92. The molecule has 106 valence electrons. The van der Waals surface area contributed by atoms with Crippen molar-refractivity contribution < 1.29 is 14.3 Å². The third-order valence-electron chi connectivity index (χ3n) is 2.69. The molecule has 1 aromatic rings. The minimum absolute atomic E-state index is 0.295. The molecular weight excluding hydrogens is 280 g/mol. The van der Waals surface area contributed by atoms with Crippen LogP contribution in [0, 0.1) is 11.3 Å². The largest absolute Gasteiger partial charge is 0.467 e. The van der Waals surface area contributed by atoms with Crippen molar-refractivity contribution in [2.75, 3.05) is 7.11 Å². The average molecular weight is 295 g/mol. The molecule has 0 aromatic heterocycles. The highest BCUT2D eigenvalue weighted by molar-refractivity contribution is 6.33. The van der Waals surface area contributed by atoms with Gasteiger partial charge in [0.15, 0.2) is 0 Å². The molecule has 0 aliphatic rings. The molecule has 0 aliphatic carbocycles. The third-order valence-corrected chi connectivity index (χ3v) is 3.02. The van der Waals surface area contributed by atoms with Gasteiger partial charge in [-0.2, -0.15) is 5.26 Å². The second kappa shape index (κ2) is 8.18. The SMILES string of the molecule is COC(=O)[C@@H](CCCC#N)NC(=O)c1ccccc1Cl. The molecule has 0 radical (unpaired) electrons. The van der Waals surface area contributed by atoms with Gasteiger partial charge >= 0.3 is 5.97 Å². The van der Waals surface area contributed by atoms with Crippen LogP contribution in [0.3, 0.4) is 0 Å². The number of ether oxygens (including phenoxy) is 1. The summed E-state index contributed by atoms with van der Waals surface area (Å²) in [6, 6.07) is 7.77. The molecular formula is C14H15ClN2O3. The Balaban J connectivity index is 2.74. The van der Waals surface area contributed by atoms with E-state index in [9.17, 15) is 9.59 Å². The first-order valence-corrected chi connectivity index (χ1v) is 6.48. The molecule has 20 heavy (non-hydrogen) atoms. The summed E-state index contributed by atoms with van der Waals surface area (Å²) in [4.78, 5) is 23.7. The lowest BCUT2D eigenvalue weighted by Crippen LogP contribution is -2.41. The Kier molecular flexibility index (Phi) is 6.54. The standard InChI is InChI=1S/C14H15ClN2O3/c1-20-14(19)12(8-4-5-9-16)17-13(18)10-6-2-3-7-11(10)15/h2-3,6-7,12H,4-5,8H2,1H3,(H,17,18)/t12-/m1/s1. The number of benzene rings is 1. The van der Waals surface area contributed by atoms with Gasteiger partial charge < -0.3 is 10.1 Å². The van der Waals surface area contributed by atoms with Gasteiger partial charge in [-0.25, -0.2) is 4.79 Å². The van der Waals surface area contributed by atoms with Gasteiger partial charge in [-0.1, -0.05) is 23.7 Å². The van der Waals surface area contributed by atoms with Crippen LogP contribution in [0.5, 0.6) is 0 Å². The summed E-state index contributed by atoms with van der Waals surface area (Å²) in [7, 11) is 1.25. The lowest BCUT2D eigenvalue weighted by molar-refractivity contribution is -0.143. The van der Waals surface area contributed by atoms with E-state index in [0.717, 1.165) is 0 Å². The number of carbonyl (C=O) groups excluding carboxylic acids is 2. The normalized spacial score (nSPS) is 11.2. The number of halogens is 1. The van der Waals surface area contributed by atoms with E-state index >= 15 is 0 Å². The Morgan fingerprint density at radius 3 is 2.75 bits per heavy atom. The van der Waals surface area contributed by atoms with E-state index in [1.165, 1.54) is 7.11 Å². The van der Waals surface area contributed by atoms with Gasteiger partial charge in [0.05, 0.1) is 23.8 Å². The predicted molar refractivity (Wildman–Crippen MR) is 74.2 cm³/mol. The molecule has 1 atom stereocenters. The molecule has 0 unspecified atom stereocenters. The summed E-state index contributed by atoms with van der Waals surface area (Å²) < 4.78 is 4.64. The maximum atomic E-state index is 12.1. The molecule has 1 N–H and O–H groups in total. The molecule has 0 aliphatic heterocycles. The van der Waals surface area contributed by atoms with Crippen LogP contribution in [-0.4, -0.2) is 25.0 Å². The van der Waals surface area contributed by atoms with Crippen molar-refractivity contribution >= 4 is 23.5 Å². The third kappa shape index (κ3) is 4.56. The molecule has 0 bridgehead atoms. The van der Waals surface area contributed by atoms with Gasteiger partial charge in [-0.05, 0) is 25.0 Å². The fourth-order valence-electron chi connectivity index (χ4n) is 1.66. The smallest absolute Gasteiger partial charge is 0.328 e. The number of unbranched alkanes of at least 4 members (excludes halogenated alkanes) is 1. The zero-order chi connectivity index (χ0) is 15.0. The first-order chi connectivity index (χ1) is 9.60. The Bertz CT molecular complexity index is 525. The first-order valence-electron chi connectivity index (χ1n) is 6.10. The van der Waals surface area contributed by atoms with Crippen LogP contribution in [0.1, 0.15) is 29.6 Å². The van der Waals surface area contributed by atoms with Crippen LogP contribution in [0.4, 0.5) is 0 Å². The van der Waals surface area contributed by atoms with Gasteiger partial charge in [0.25, 0.3) is 5.91 Å². The molecule has 0 spiro atoms. The minimum Gasteiger partial charge on any atom is -0.467 e. The van der Waals surface area contributed by atoms with Crippen LogP contribution in [0.15, 0.2) is 24.3 Å². The maximum absolute atomic E-state index is 12.1. The number of rotatable bonds is 6. The summed E-state index contributed by atoms with van der Waals surface area (Å²) in [5.74, 6) is -0.980. The van der Waals surface area contributed by atoms with Gasteiger partial charge in [0.1, 0.15) is 6.04 Å². The number of carbonyl (C=O) groups is 2. The minimum atomic E-state index is -0.780. The molecule has 6 heteroatoms. The quantitative estimate of drug-likeness (QED) is 0.645. The Morgan fingerprint density at radius 1 is 1.45 bits per heavy atom. The van der Waals surface area contributed by atoms with Crippen molar-refractivity contribution in [1.29, 1.82) is 5.26 Å². The number of hydrogen-bond donors (Lipinski definition) is 1. The molecule has 1 amide bonds. The molecule has 1 rings (SSSR count). The van der Waals surface area contributed by atoms with E-state index < -0.39 is 17.9 Å². The second-order valence-corrected chi connectivity index (χ2v) is 4.49. The molecule has 5 nitrogen and oxygen atoms in total. The summed E-state index contributed by atoms with van der Waals surface area (Å²) in [6.45, 7) is 0. The number of nitrogens with zero attached hydrogens (tertiary/aromatic N) is 1. The van der Waals surface area contributed by atoms with E-state index in [0.29, 0.717) is 29.8 Å². The van der Waals surface area contributed by atoms with Crippen molar-refractivity contribution in [1.82, 2.24) is 5.32 Å². The zero-order valence-electron chi connectivity index (χ0n) is 11.1. The monoisotopic (exact) mass is 294 g/mol. The fraction of sp³-hybridized carbons (Fsp3) is 0.357. The van der Waals surface area contributed by atoms with Crippen molar-refractivity contribution in [3.63, 3.8) is 0 Å². The molecule has 0 saturated heterocycles. The van der Waals surface area contributed by atoms with Gasteiger partial charge in [-0.15, -0.1) is 0 Å². The summed E-state index contributed by atoms with van der Waals surface area (Å²) in [5, 5.41) is 11.4. The Morgan fingerprint density at radius 2 is 2.15 bits per heavy atom. The highest BCUT2D eigenvalue weighted by atomic mass is 35.5. The zero-order valence-corrected chi connectivity index (χ0v) is 11.8. The fourth-order valence-corrected chi connectivity index (χ4v) is 1.88. The van der Waals surface area contributed by atoms with E-state index in [-0.39, 0.29) is 0 Å². The maximum Gasteiger partial charge on any atom is 0.328 e. The topological polar surface area (TPSA) is 79.2 Å². The van der Waals surface area contributed by atoms with Crippen LogP contribution < -0.4 is 5.32 Å². The summed E-state index contributed by atoms with van der Waals surface area (Å²) in [5.41, 5.74) is 0.295. The Labute approximate surface area is 122 Å². The van der Waals surface area contributed by atoms with Crippen LogP contribution >= 0.6 is 11.6 Å². The molecule has 0 fully saturated rings. The molecule has 1 aromatic carbocycles. The average Bonchev–Trinajstić information content (AvgIpc) is 2.45. The number of nitrogens with one attached hydrogen (secondary N) is 1. The number of nitriles is 1. The van der Waals surface area contributed by atoms with Crippen molar-refractivity contribution in [2.45, 2.75) is 25.3 Å². The lowest BCUT2D eigenvalue weighted by atomic mass is 10.1. The number of hydrogen-bond acceptors (Lipinski definition) is 4. The number of methoxy groups -OCH3 is 1. The van der Waals surface area contributed by atoms with E-state index in [2.05, 4.69) is 10.1 Å². The van der Waals surface area contributed by atoms with E-state index in [4.69, 9.17) is 16.9 Å². The van der Waals surface area contributed by atoms with Crippen LogP contribution in [0.25, 0.3) is 0 Å². The highest BCUT2D eigenvalue weighted by Gasteiger charge is 2.22. The highest BCUT2D eigenvalue weighted by Crippen LogP contribution is 2.15. The Hall–Kier alpha value is -2.06. The summed E-state index contributed by atoms with van der Waals surface area (Å²) in [6.07, 6.45) is 1.16. The van der Waals surface area contributed by atoms with Gasteiger partial charge in [0, 0.05) is 6.42 Å². The van der Waals surface area contributed by atoms with Gasteiger partial charge in [-0.3, -0.25) is 4.79 Å². The number of esters is 1. The molecule has 0 heterocycles. The van der Waals surface area contributed by atoms with E-state index in [1.54, 1.807) is 24.3 Å². The van der Waals surface area contributed by atoms with Gasteiger partial charge in [0.2, 0.25) is 0 Å². The number of amides is 1. The lowest BCUT2D eigenvalue weighted by Gasteiger charge is -2.16. The van der Waals surface area contributed by atoms with Crippen molar-refractivity contribution in [2.24, 2.45) is 0 Å². The van der Waals surface area contributed by atoms with Crippen molar-refractivity contribution in [3.8, 4) is 6.07 Å². The predicted octanol–water partition coefficient (Wildman–Crippen LogP) is 2.31. The first kappa shape index (κ1) is 16.0. The molecule has 0 saturated carbocycles. The van der Waals surface area contributed by atoms with Crippen LogP contribution in [-0.2, 0) is 9.53 Å². The second-order valence-electron chi connectivity index (χ2n) is 4.08.